The van der Waals surface area contributed by atoms with E-state index in [1.54, 1.807) is 42.2 Å². The molecule has 1 aromatic carbocycles. The quantitative estimate of drug-likeness (QED) is 0.833. The minimum Gasteiger partial charge on any atom is -0.342 e. The third kappa shape index (κ3) is 2.77. The summed E-state index contributed by atoms with van der Waals surface area (Å²) in [7, 11) is -3.66. The second-order valence-corrected chi connectivity index (χ2v) is 7.61. The Morgan fingerprint density at radius 2 is 1.82 bits per heavy atom. The summed E-state index contributed by atoms with van der Waals surface area (Å²) >= 11 is 0. The normalized spacial score (nSPS) is 22.7. The van der Waals surface area contributed by atoms with Gasteiger partial charge in [0.05, 0.1) is 4.90 Å². The van der Waals surface area contributed by atoms with Crippen LogP contribution in [0.3, 0.4) is 0 Å². The van der Waals surface area contributed by atoms with Crippen molar-refractivity contribution in [1.29, 1.82) is 0 Å². The molecule has 0 bridgehead atoms. The molecule has 2 rings (SSSR count). The molecule has 0 radical (unpaired) electrons. The van der Waals surface area contributed by atoms with Gasteiger partial charge in [-0.3, -0.25) is 4.79 Å². The molecule has 1 amide bonds. The summed E-state index contributed by atoms with van der Waals surface area (Å²) in [4.78, 5) is 14.8. The Kier molecular flexibility index (Phi) is 4.92. The summed E-state index contributed by atoms with van der Waals surface area (Å²) in [6.45, 7) is 7.14. The first-order valence-corrected chi connectivity index (χ1v) is 9.19. The Morgan fingerprint density at radius 1 is 1.23 bits per heavy atom. The molecule has 0 aliphatic carbocycles. The van der Waals surface area contributed by atoms with E-state index in [0.29, 0.717) is 32.5 Å². The number of carbonyl (C=O) groups excluding carboxylic acids is 1. The Labute approximate surface area is 133 Å². The number of amides is 1. The SMILES string of the molecule is CCN(CC)C(=O)C1(C)CCCN1S(=O)(=O)c1ccccc1. The van der Waals surface area contributed by atoms with E-state index in [2.05, 4.69) is 0 Å². The lowest BCUT2D eigenvalue weighted by Crippen LogP contribution is -2.56. The molecule has 0 saturated carbocycles. The van der Waals surface area contributed by atoms with Gasteiger partial charge in [-0.05, 0) is 45.7 Å². The molecule has 1 fully saturated rings. The van der Waals surface area contributed by atoms with Crippen molar-refractivity contribution in [3.05, 3.63) is 30.3 Å². The van der Waals surface area contributed by atoms with Crippen molar-refractivity contribution in [2.45, 2.75) is 44.0 Å². The average molecular weight is 324 g/mol. The van der Waals surface area contributed by atoms with Crippen molar-refractivity contribution in [1.82, 2.24) is 9.21 Å². The van der Waals surface area contributed by atoms with Gasteiger partial charge in [0.15, 0.2) is 0 Å². The van der Waals surface area contributed by atoms with Gasteiger partial charge in [-0.1, -0.05) is 18.2 Å². The number of benzene rings is 1. The minimum atomic E-state index is -3.66. The lowest BCUT2D eigenvalue weighted by atomic mass is 9.98. The molecule has 22 heavy (non-hydrogen) atoms. The molecule has 1 unspecified atom stereocenters. The molecule has 1 heterocycles. The summed E-state index contributed by atoms with van der Waals surface area (Å²) in [5.74, 6) is -0.102. The monoisotopic (exact) mass is 324 g/mol. The summed E-state index contributed by atoms with van der Waals surface area (Å²) in [6.07, 6.45) is 1.27. The molecule has 1 aliphatic rings. The van der Waals surface area contributed by atoms with Crippen LogP contribution in [-0.4, -0.2) is 48.7 Å². The van der Waals surface area contributed by atoms with E-state index in [0.717, 1.165) is 0 Å². The maximum atomic E-state index is 12.9. The van der Waals surface area contributed by atoms with E-state index in [4.69, 9.17) is 0 Å². The van der Waals surface area contributed by atoms with Crippen molar-refractivity contribution in [3.8, 4) is 0 Å². The van der Waals surface area contributed by atoms with Crippen LogP contribution < -0.4 is 0 Å². The van der Waals surface area contributed by atoms with Crippen molar-refractivity contribution in [2.75, 3.05) is 19.6 Å². The Balaban J connectivity index is 2.40. The largest absolute Gasteiger partial charge is 0.342 e. The van der Waals surface area contributed by atoms with E-state index >= 15 is 0 Å². The molecule has 1 saturated heterocycles. The van der Waals surface area contributed by atoms with Crippen LogP contribution in [0.25, 0.3) is 0 Å². The van der Waals surface area contributed by atoms with E-state index < -0.39 is 15.6 Å². The van der Waals surface area contributed by atoms with Crippen LogP contribution in [0.1, 0.15) is 33.6 Å². The zero-order valence-electron chi connectivity index (χ0n) is 13.4. The Bertz CT molecular complexity index is 626. The van der Waals surface area contributed by atoms with Crippen LogP contribution in [0, 0.1) is 0 Å². The topological polar surface area (TPSA) is 57.7 Å². The van der Waals surface area contributed by atoms with Crippen molar-refractivity contribution in [2.24, 2.45) is 0 Å². The van der Waals surface area contributed by atoms with Gasteiger partial charge in [0.1, 0.15) is 5.54 Å². The van der Waals surface area contributed by atoms with Crippen molar-refractivity contribution >= 4 is 15.9 Å². The zero-order valence-corrected chi connectivity index (χ0v) is 14.3. The van der Waals surface area contributed by atoms with Gasteiger partial charge >= 0.3 is 0 Å². The number of sulfonamides is 1. The highest BCUT2D eigenvalue weighted by Crippen LogP contribution is 2.35. The van der Waals surface area contributed by atoms with Crippen LogP contribution in [0.4, 0.5) is 0 Å². The second-order valence-electron chi connectivity index (χ2n) is 5.75. The summed E-state index contributed by atoms with van der Waals surface area (Å²) in [5.41, 5.74) is -0.985. The van der Waals surface area contributed by atoms with Gasteiger partial charge in [-0.25, -0.2) is 8.42 Å². The average Bonchev–Trinajstić information content (AvgIpc) is 2.93. The van der Waals surface area contributed by atoms with Gasteiger partial charge in [0, 0.05) is 19.6 Å². The van der Waals surface area contributed by atoms with Crippen LogP contribution in [0.2, 0.25) is 0 Å². The second kappa shape index (κ2) is 6.38. The smallest absolute Gasteiger partial charge is 0.244 e. The summed E-state index contributed by atoms with van der Waals surface area (Å²) in [5, 5.41) is 0. The highest BCUT2D eigenvalue weighted by atomic mass is 32.2. The van der Waals surface area contributed by atoms with Crippen molar-refractivity contribution in [3.63, 3.8) is 0 Å². The molecular formula is C16H24N2O3S. The molecule has 122 valence electrons. The maximum absolute atomic E-state index is 12.9. The van der Waals surface area contributed by atoms with Gasteiger partial charge in [-0.15, -0.1) is 0 Å². The lowest BCUT2D eigenvalue weighted by Gasteiger charge is -2.36. The minimum absolute atomic E-state index is 0.102. The summed E-state index contributed by atoms with van der Waals surface area (Å²) < 4.78 is 27.2. The number of hydrogen-bond donors (Lipinski definition) is 0. The van der Waals surface area contributed by atoms with E-state index in [9.17, 15) is 13.2 Å². The highest BCUT2D eigenvalue weighted by Gasteiger charge is 2.50. The fourth-order valence-corrected chi connectivity index (χ4v) is 4.93. The fourth-order valence-electron chi connectivity index (χ4n) is 3.11. The lowest BCUT2D eigenvalue weighted by molar-refractivity contribution is -0.139. The number of carbonyl (C=O) groups is 1. The predicted octanol–water partition coefficient (Wildman–Crippen LogP) is 2.10. The molecule has 1 aliphatic heterocycles. The van der Waals surface area contributed by atoms with E-state index in [-0.39, 0.29) is 10.8 Å². The number of nitrogens with zero attached hydrogens (tertiary/aromatic N) is 2. The highest BCUT2D eigenvalue weighted by molar-refractivity contribution is 7.89. The zero-order chi connectivity index (χ0) is 16.4. The molecule has 1 atom stereocenters. The van der Waals surface area contributed by atoms with Gasteiger partial charge in [-0.2, -0.15) is 4.31 Å². The molecule has 6 heteroatoms. The number of rotatable bonds is 5. The van der Waals surface area contributed by atoms with Crippen LogP contribution in [-0.2, 0) is 14.8 Å². The van der Waals surface area contributed by atoms with Gasteiger partial charge in [0.25, 0.3) is 0 Å². The molecule has 0 spiro atoms. The first kappa shape index (κ1) is 17.0. The molecule has 5 nitrogen and oxygen atoms in total. The van der Waals surface area contributed by atoms with E-state index in [1.807, 2.05) is 13.8 Å². The van der Waals surface area contributed by atoms with Crippen LogP contribution >= 0.6 is 0 Å². The van der Waals surface area contributed by atoms with Crippen LogP contribution in [0.15, 0.2) is 35.2 Å². The van der Waals surface area contributed by atoms with Gasteiger partial charge < -0.3 is 4.90 Å². The molecular weight excluding hydrogens is 300 g/mol. The third-order valence-corrected chi connectivity index (χ3v) is 6.45. The van der Waals surface area contributed by atoms with E-state index in [1.165, 1.54) is 4.31 Å². The van der Waals surface area contributed by atoms with Crippen LogP contribution in [0.5, 0.6) is 0 Å². The molecule has 0 N–H and O–H groups in total. The third-order valence-electron chi connectivity index (χ3n) is 4.42. The van der Waals surface area contributed by atoms with Gasteiger partial charge in [0.2, 0.25) is 15.9 Å². The Hall–Kier alpha value is -1.40. The van der Waals surface area contributed by atoms with Crippen molar-refractivity contribution < 1.29 is 13.2 Å². The summed E-state index contributed by atoms with van der Waals surface area (Å²) in [6, 6.07) is 8.34. The molecule has 0 aromatic heterocycles. The maximum Gasteiger partial charge on any atom is 0.244 e. The number of hydrogen-bond acceptors (Lipinski definition) is 3. The first-order chi connectivity index (χ1) is 10.4. The molecule has 1 aromatic rings. The predicted molar refractivity (Wildman–Crippen MR) is 85.9 cm³/mol. The first-order valence-electron chi connectivity index (χ1n) is 7.75. The number of likely N-dealkylation sites (N-methyl/N-ethyl adjacent to an activating group) is 1. The standard InChI is InChI=1S/C16H24N2O3S/c1-4-17(5-2)15(19)16(3)12-9-13-18(16)22(20,21)14-10-7-6-8-11-14/h6-8,10-11H,4-5,9,12-13H2,1-3H3. The fraction of sp³-hybridized carbons (Fsp3) is 0.562. The Morgan fingerprint density at radius 3 is 2.36 bits per heavy atom.